The van der Waals surface area contributed by atoms with Crippen LogP contribution in [0.5, 0.6) is 0 Å². The molecule has 0 amide bonds. The van der Waals surface area contributed by atoms with E-state index in [-0.39, 0.29) is 0 Å². The summed E-state index contributed by atoms with van der Waals surface area (Å²) in [6.07, 6.45) is 1.11. The second kappa shape index (κ2) is 5.42. The van der Waals surface area contributed by atoms with E-state index in [1.54, 1.807) is 0 Å². The van der Waals surface area contributed by atoms with Crippen LogP contribution in [0.25, 0.3) is 0 Å². The lowest BCUT2D eigenvalue weighted by atomic mass is 9.99. The van der Waals surface area contributed by atoms with E-state index in [2.05, 4.69) is 63.5 Å². The third-order valence-electron chi connectivity index (χ3n) is 2.05. The highest BCUT2D eigenvalue weighted by atomic mass is 79.9. The zero-order chi connectivity index (χ0) is 9.84. The molecule has 0 saturated heterocycles. The third-order valence-corrected chi connectivity index (χ3v) is 3.52. The van der Waals surface area contributed by atoms with Crippen molar-refractivity contribution in [3.05, 3.63) is 32.7 Å². The molecule has 0 radical (unpaired) electrons. The van der Waals surface area contributed by atoms with Crippen LogP contribution in [0.2, 0.25) is 0 Å². The van der Waals surface area contributed by atoms with Crippen LogP contribution in [0.15, 0.2) is 27.1 Å². The van der Waals surface area contributed by atoms with Crippen molar-refractivity contribution >= 4 is 44.5 Å². The summed E-state index contributed by atoms with van der Waals surface area (Å²) in [5.74, 6) is 1.49. The molecular formula is C10H12Br2S. The SMILES string of the molecule is CC(CCS)c1cc(Br)ccc1Br. The average molecular weight is 324 g/mol. The largest absolute Gasteiger partial charge is 0.179 e. The van der Waals surface area contributed by atoms with Crippen molar-refractivity contribution in [2.45, 2.75) is 19.3 Å². The molecule has 0 nitrogen and oxygen atoms in total. The minimum atomic E-state index is 0.560. The molecule has 0 heterocycles. The van der Waals surface area contributed by atoms with Gasteiger partial charge >= 0.3 is 0 Å². The Labute approximate surface area is 102 Å². The molecule has 1 atom stereocenters. The van der Waals surface area contributed by atoms with Gasteiger partial charge in [0.2, 0.25) is 0 Å². The van der Waals surface area contributed by atoms with E-state index in [0.29, 0.717) is 5.92 Å². The quantitative estimate of drug-likeness (QED) is 0.770. The molecule has 0 aromatic heterocycles. The molecule has 1 aromatic rings. The van der Waals surface area contributed by atoms with Gasteiger partial charge in [-0.15, -0.1) is 0 Å². The summed E-state index contributed by atoms with van der Waals surface area (Å²) in [6, 6.07) is 6.29. The van der Waals surface area contributed by atoms with Crippen molar-refractivity contribution in [3.8, 4) is 0 Å². The Kier molecular flexibility index (Phi) is 4.84. The smallest absolute Gasteiger partial charge is 0.0210 e. The predicted octanol–water partition coefficient (Wildman–Crippen LogP) is 4.64. The molecule has 0 aliphatic carbocycles. The molecule has 1 unspecified atom stereocenters. The number of thiol groups is 1. The summed E-state index contributed by atoms with van der Waals surface area (Å²) in [5, 5.41) is 0. The van der Waals surface area contributed by atoms with Gasteiger partial charge in [0.1, 0.15) is 0 Å². The Morgan fingerprint density at radius 2 is 2.08 bits per heavy atom. The predicted molar refractivity (Wildman–Crippen MR) is 68.7 cm³/mol. The fourth-order valence-corrected chi connectivity index (χ4v) is 2.64. The molecule has 0 saturated carbocycles. The number of halogens is 2. The van der Waals surface area contributed by atoms with Gasteiger partial charge < -0.3 is 0 Å². The van der Waals surface area contributed by atoms with Crippen molar-refractivity contribution < 1.29 is 0 Å². The standard InChI is InChI=1S/C10H12Br2S/c1-7(4-5-13)9-6-8(11)2-3-10(9)12/h2-3,6-7,13H,4-5H2,1H3. The Bertz CT molecular complexity index is 286. The molecular weight excluding hydrogens is 312 g/mol. The van der Waals surface area contributed by atoms with E-state index in [1.807, 2.05) is 6.07 Å². The Morgan fingerprint density at radius 3 is 2.69 bits per heavy atom. The van der Waals surface area contributed by atoms with Crippen molar-refractivity contribution in [2.24, 2.45) is 0 Å². The lowest BCUT2D eigenvalue weighted by Gasteiger charge is -2.12. The van der Waals surface area contributed by atoms with Crippen LogP contribution >= 0.6 is 44.5 Å². The molecule has 1 aromatic carbocycles. The zero-order valence-electron chi connectivity index (χ0n) is 7.43. The van der Waals surface area contributed by atoms with Crippen LogP contribution in [-0.4, -0.2) is 5.75 Å². The van der Waals surface area contributed by atoms with Crippen LogP contribution in [-0.2, 0) is 0 Å². The molecule has 0 spiro atoms. The van der Waals surface area contributed by atoms with E-state index < -0.39 is 0 Å². The Balaban J connectivity index is 2.91. The van der Waals surface area contributed by atoms with Crippen LogP contribution in [0.3, 0.4) is 0 Å². The van der Waals surface area contributed by atoms with Crippen LogP contribution in [0, 0.1) is 0 Å². The summed E-state index contributed by atoms with van der Waals surface area (Å²) < 4.78 is 2.32. The van der Waals surface area contributed by atoms with Gasteiger partial charge in [-0.3, -0.25) is 0 Å². The monoisotopic (exact) mass is 322 g/mol. The second-order valence-corrected chi connectivity index (χ2v) is 5.30. The summed E-state index contributed by atoms with van der Waals surface area (Å²) >= 11 is 11.3. The number of hydrogen-bond acceptors (Lipinski definition) is 1. The molecule has 1 rings (SSSR count). The number of hydrogen-bond donors (Lipinski definition) is 1. The topological polar surface area (TPSA) is 0 Å². The minimum absolute atomic E-state index is 0.560. The maximum atomic E-state index is 4.24. The zero-order valence-corrected chi connectivity index (χ0v) is 11.5. The van der Waals surface area contributed by atoms with Crippen molar-refractivity contribution in [1.82, 2.24) is 0 Å². The van der Waals surface area contributed by atoms with Crippen LogP contribution < -0.4 is 0 Å². The minimum Gasteiger partial charge on any atom is -0.179 e. The maximum Gasteiger partial charge on any atom is 0.0210 e. The summed E-state index contributed by atoms with van der Waals surface area (Å²) in [5.41, 5.74) is 1.35. The van der Waals surface area contributed by atoms with Gasteiger partial charge in [0.15, 0.2) is 0 Å². The molecule has 0 bridgehead atoms. The number of rotatable bonds is 3. The first-order valence-electron chi connectivity index (χ1n) is 4.21. The van der Waals surface area contributed by atoms with E-state index >= 15 is 0 Å². The van der Waals surface area contributed by atoms with Crippen LogP contribution in [0.4, 0.5) is 0 Å². The molecule has 13 heavy (non-hydrogen) atoms. The van der Waals surface area contributed by atoms with E-state index in [9.17, 15) is 0 Å². The highest BCUT2D eigenvalue weighted by Gasteiger charge is 2.08. The van der Waals surface area contributed by atoms with E-state index in [4.69, 9.17) is 0 Å². The van der Waals surface area contributed by atoms with Gasteiger partial charge in [-0.1, -0.05) is 38.8 Å². The third kappa shape index (κ3) is 3.30. The van der Waals surface area contributed by atoms with Crippen molar-refractivity contribution in [2.75, 3.05) is 5.75 Å². The first-order chi connectivity index (χ1) is 6.15. The van der Waals surface area contributed by atoms with Crippen LogP contribution in [0.1, 0.15) is 24.8 Å². The summed E-state index contributed by atoms with van der Waals surface area (Å²) in [6.45, 7) is 2.22. The van der Waals surface area contributed by atoms with Gasteiger partial charge in [-0.25, -0.2) is 0 Å². The van der Waals surface area contributed by atoms with E-state index in [1.165, 1.54) is 10.0 Å². The first-order valence-corrected chi connectivity index (χ1v) is 6.42. The van der Waals surface area contributed by atoms with Gasteiger partial charge in [-0.05, 0) is 41.9 Å². The number of benzene rings is 1. The summed E-state index contributed by atoms with van der Waals surface area (Å²) in [7, 11) is 0. The molecule has 72 valence electrons. The van der Waals surface area contributed by atoms with Crippen molar-refractivity contribution in [3.63, 3.8) is 0 Å². The molecule has 3 heteroatoms. The van der Waals surface area contributed by atoms with Gasteiger partial charge in [0.25, 0.3) is 0 Å². The maximum absolute atomic E-state index is 4.24. The van der Waals surface area contributed by atoms with Gasteiger partial charge in [0, 0.05) is 8.95 Å². The molecule has 0 aliphatic rings. The van der Waals surface area contributed by atoms with Crippen molar-refractivity contribution in [1.29, 1.82) is 0 Å². The summed E-state index contributed by atoms with van der Waals surface area (Å²) in [4.78, 5) is 0. The first kappa shape index (κ1) is 11.6. The molecule has 0 N–H and O–H groups in total. The molecule has 0 fully saturated rings. The molecule has 0 aliphatic heterocycles. The average Bonchev–Trinajstić information content (AvgIpc) is 2.09. The normalized spacial score (nSPS) is 12.9. The fraction of sp³-hybridized carbons (Fsp3) is 0.400. The fourth-order valence-electron chi connectivity index (χ4n) is 1.24. The van der Waals surface area contributed by atoms with Gasteiger partial charge in [-0.2, -0.15) is 12.6 Å². The highest BCUT2D eigenvalue weighted by Crippen LogP contribution is 2.29. The lowest BCUT2D eigenvalue weighted by Crippen LogP contribution is -1.95. The van der Waals surface area contributed by atoms with Gasteiger partial charge in [0.05, 0.1) is 0 Å². The van der Waals surface area contributed by atoms with E-state index in [0.717, 1.165) is 16.6 Å². The Morgan fingerprint density at radius 1 is 1.38 bits per heavy atom. The lowest BCUT2D eigenvalue weighted by molar-refractivity contribution is 0.738. The second-order valence-electron chi connectivity index (χ2n) is 3.08. The Hall–Kier alpha value is 0.530. The highest BCUT2D eigenvalue weighted by molar-refractivity contribution is 9.11.